The third-order valence-corrected chi connectivity index (χ3v) is 2.28. The summed E-state index contributed by atoms with van der Waals surface area (Å²) in [5, 5.41) is 17.6. The summed E-state index contributed by atoms with van der Waals surface area (Å²) in [6.45, 7) is 3.51. The SMILES string of the molecule is CC(CC(=O)O)CC(=O)NC(C)c1ncn[nH]1. The molecule has 0 aliphatic carbocycles. The first-order chi connectivity index (χ1) is 7.99. The van der Waals surface area contributed by atoms with Crippen molar-refractivity contribution in [3.63, 3.8) is 0 Å². The van der Waals surface area contributed by atoms with Crippen LogP contribution in [0.3, 0.4) is 0 Å². The lowest BCUT2D eigenvalue weighted by Gasteiger charge is -2.13. The maximum atomic E-state index is 11.6. The molecule has 7 nitrogen and oxygen atoms in total. The van der Waals surface area contributed by atoms with E-state index in [9.17, 15) is 9.59 Å². The lowest BCUT2D eigenvalue weighted by molar-refractivity contribution is -0.138. The lowest BCUT2D eigenvalue weighted by Crippen LogP contribution is -2.29. The van der Waals surface area contributed by atoms with Gasteiger partial charge >= 0.3 is 5.97 Å². The van der Waals surface area contributed by atoms with E-state index in [1.165, 1.54) is 6.33 Å². The van der Waals surface area contributed by atoms with Crippen LogP contribution < -0.4 is 5.32 Å². The molecular weight excluding hydrogens is 224 g/mol. The van der Waals surface area contributed by atoms with Crippen LogP contribution in [0.25, 0.3) is 0 Å². The molecule has 0 saturated heterocycles. The van der Waals surface area contributed by atoms with Crippen LogP contribution in [-0.4, -0.2) is 32.2 Å². The van der Waals surface area contributed by atoms with Crippen LogP contribution in [0.5, 0.6) is 0 Å². The van der Waals surface area contributed by atoms with E-state index in [1.807, 2.05) is 0 Å². The molecule has 0 spiro atoms. The van der Waals surface area contributed by atoms with Crippen molar-refractivity contribution in [2.24, 2.45) is 5.92 Å². The molecule has 0 aliphatic rings. The zero-order chi connectivity index (χ0) is 12.8. The van der Waals surface area contributed by atoms with Gasteiger partial charge in [0.05, 0.1) is 6.04 Å². The lowest BCUT2D eigenvalue weighted by atomic mass is 10.0. The Labute approximate surface area is 98.6 Å². The summed E-state index contributed by atoms with van der Waals surface area (Å²) in [6, 6.07) is -0.262. The van der Waals surface area contributed by atoms with Crippen molar-refractivity contribution >= 4 is 11.9 Å². The quantitative estimate of drug-likeness (QED) is 0.670. The number of carbonyl (C=O) groups excluding carboxylic acids is 1. The van der Waals surface area contributed by atoms with Gasteiger partial charge < -0.3 is 10.4 Å². The van der Waals surface area contributed by atoms with Crippen molar-refractivity contribution in [2.45, 2.75) is 32.7 Å². The average molecular weight is 240 g/mol. The average Bonchev–Trinajstić information content (AvgIpc) is 2.67. The van der Waals surface area contributed by atoms with Gasteiger partial charge in [0.25, 0.3) is 0 Å². The van der Waals surface area contributed by atoms with Gasteiger partial charge in [-0.15, -0.1) is 0 Å². The Morgan fingerprint density at radius 2 is 2.18 bits per heavy atom. The van der Waals surface area contributed by atoms with Crippen molar-refractivity contribution in [1.82, 2.24) is 20.5 Å². The number of aromatic amines is 1. The molecule has 2 atom stereocenters. The first-order valence-electron chi connectivity index (χ1n) is 5.35. The molecular formula is C10H16N4O3. The maximum Gasteiger partial charge on any atom is 0.303 e. The minimum atomic E-state index is -0.895. The fraction of sp³-hybridized carbons (Fsp3) is 0.600. The van der Waals surface area contributed by atoms with Crippen LogP contribution in [-0.2, 0) is 9.59 Å². The van der Waals surface area contributed by atoms with Crippen LogP contribution >= 0.6 is 0 Å². The van der Waals surface area contributed by atoms with E-state index in [2.05, 4.69) is 20.5 Å². The second-order valence-corrected chi connectivity index (χ2v) is 4.07. The first kappa shape index (κ1) is 13.1. The molecule has 0 fully saturated rings. The summed E-state index contributed by atoms with van der Waals surface area (Å²) in [6.07, 6.45) is 1.54. The number of amides is 1. The third-order valence-electron chi connectivity index (χ3n) is 2.28. The van der Waals surface area contributed by atoms with Crippen molar-refractivity contribution < 1.29 is 14.7 Å². The van der Waals surface area contributed by atoms with E-state index in [0.29, 0.717) is 5.82 Å². The fourth-order valence-electron chi connectivity index (χ4n) is 1.48. The van der Waals surface area contributed by atoms with Gasteiger partial charge in [-0.1, -0.05) is 6.92 Å². The molecule has 3 N–H and O–H groups in total. The van der Waals surface area contributed by atoms with Crippen molar-refractivity contribution in [1.29, 1.82) is 0 Å². The molecule has 2 unspecified atom stereocenters. The largest absolute Gasteiger partial charge is 0.481 e. The Morgan fingerprint density at radius 1 is 1.47 bits per heavy atom. The van der Waals surface area contributed by atoms with Crippen molar-refractivity contribution in [3.8, 4) is 0 Å². The number of nitrogens with one attached hydrogen (secondary N) is 2. The number of aromatic nitrogens is 3. The topological polar surface area (TPSA) is 108 Å². The summed E-state index contributed by atoms with van der Waals surface area (Å²) in [4.78, 5) is 25.9. The summed E-state index contributed by atoms with van der Waals surface area (Å²) < 4.78 is 0. The molecule has 17 heavy (non-hydrogen) atoms. The van der Waals surface area contributed by atoms with E-state index in [-0.39, 0.29) is 30.7 Å². The Morgan fingerprint density at radius 3 is 2.71 bits per heavy atom. The van der Waals surface area contributed by atoms with Gasteiger partial charge in [0.1, 0.15) is 12.2 Å². The van der Waals surface area contributed by atoms with Gasteiger partial charge in [0.2, 0.25) is 5.91 Å². The van der Waals surface area contributed by atoms with Crippen molar-refractivity contribution in [3.05, 3.63) is 12.2 Å². The van der Waals surface area contributed by atoms with Crippen LogP contribution in [0, 0.1) is 5.92 Å². The van der Waals surface area contributed by atoms with Gasteiger partial charge in [-0.25, -0.2) is 4.98 Å². The number of H-pyrrole nitrogens is 1. The van der Waals surface area contributed by atoms with Crippen LogP contribution in [0.15, 0.2) is 6.33 Å². The molecule has 0 radical (unpaired) electrons. The minimum Gasteiger partial charge on any atom is -0.481 e. The Hall–Kier alpha value is -1.92. The van der Waals surface area contributed by atoms with Gasteiger partial charge in [0, 0.05) is 12.8 Å². The summed E-state index contributed by atoms with van der Waals surface area (Å²) in [5.41, 5.74) is 0. The number of rotatable bonds is 6. The fourth-order valence-corrected chi connectivity index (χ4v) is 1.48. The van der Waals surface area contributed by atoms with Gasteiger partial charge in [0.15, 0.2) is 0 Å². The van der Waals surface area contributed by atoms with E-state index in [1.54, 1.807) is 13.8 Å². The summed E-state index contributed by atoms with van der Waals surface area (Å²) >= 11 is 0. The third kappa shape index (κ3) is 4.62. The smallest absolute Gasteiger partial charge is 0.303 e. The summed E-state index contributed by atoms with van der Waals surface area (Å²) in [5.74, 6) is -0.699. The molecule has 0 saturated carbocycles. The number of hydrogen-bond donors (Lipinski definition) is 3. The molecule has 0 aliphatic heterocycles. The predicted molar refractivity (Wildman–Crippen MR) is 59.0 cm³/mol. The van der Waals surface area contributed by atoms with Crippen LogP contribution in [0.2, 0.25) is 0 Å². The van der Waals surface area contributed by atoms with E-state index in [4.69, 9.17) is 5.11 Å². The molecule has 0 aromatic carbocycles. The zero-order valence-electron chi connectivity index (χ0n) is 9.80. The van der Waals surface area contributed by atoms with Gasteiger partial charge in [-0.2, -0.15) is 5.10 Å². The van der Waals surface area contributed by atoms with E-state index in [0.717, 1.165) is 0 Å². The second kappa shape index (κ2) is 5.97. The standard InChI is InChI=1S/C10H16N4O3/c1-6(4-9(16)17)3-8(15)13-7(2)10-11-5-12-14-10/h5-7H,3-4H2,1-2H3,(H,13,15)(H,16,17)(H,11,12,14). The highest BCUT2D eigenvalue weighted by Gasteiger charge is 2.16. The Bertz CT molecular complexity index is 377. The van der Waals surface area contributed by atoms with E-state index >= 15 is 0 Å². The van der Waals surface area contributed by atoms with Crippen LogP contribution in [0.4, 0.5) is 0 Å². The van der Waals surface area contributed by atoms with Gasteiger partial charge in [-0.05, 0) is 12.8 Å². The van der Waals surface area contributed by atoms with E-state index < -0.39 is 5.97 Å². The number of aliphatic carboxylic acids is 1. The highest BCUT2D eigenvalue weighted by Crippen LogP contribution is 2.09. The molecule has 1 aromatic heterocycles. The monoisotopic (exact) mass is 240 g/mol. The van der Waals surface area contributed by atoms with Crippen molar-refractivity contribution in [2.75, 3.05) is 0 Å². The minimum absolute atomic E-state index is 0.00981. The Kier molecular flexibility index (Phi) is 4.62. The summed E-state index contributed by atoms with van der Waals surface area (Å²) in [7, 11) is 0. The maximum absolute atomic E-state index is 11.6. The van der Waals surface area contributed by atoms with Crippen LogP contribution in [0.1, 0.15) is 38.6 Å². The highest BCUT2D eigenvalue weighted by atomic mass is 16.4. The normalized spacial score (nSPS) is 14.0. The molecule has 1 aromatic rings. The molecule has 94 valence electrons. The molecule has 7 heteroatoms. The zero-order valence-corrected chi connectivity index (χ0v) is 9.80. The highest BCUT2D eigenvalue weighted by molar-refractivity contribution is 5.77. The first-order valence-corrected chi connectivity index (χ1v) is 5.35. The molecule has 0 bridgehead atoms. The predicted octanol–water partition coefficient (Wildman–Crippen LogP) is 0.483. The number of nitrogens with zero attached hydrogens (tertiary/aromatic N) is 2. The number of carboxylic acids is 1. The Balaban J connectivity index is 2.37. The molecule has 1 rings (SSSR count). The second-order valence-electron chi connectivity index (χ2n) is 4.07. The molecule has 1 amide bonds. The number of carboxylic acid groups (broad SMARTS) is 1. The number of carbonyl (C=O) groups is 2. The molecule has 1 heterocycles. The van der Waals surface area contributed by atoms with Gasteiger partial charge in [-0.3, -0.25) is 14.7 Å². The number of hydrogen-bond acceptors (Lipinski definition) is 4.